The summed E-state index contributed by atoms with van der Waals surface area (Å²) < 4.78 is 2.35. The van der Waals surface area contributed by atoms with Gasteiger partial charge in [-0.15, -0.1) is 0 Å². The van der Waals surface area contributed by atoms with E-state index in [1.54, 1.807) is 0 Å². The minimum absolute atomic E-state index is 0.225. The van der Waals surface area contributed by atoms with Crippen LogP contribution >= 0.6 is 0 Å². The van der Waals surface area contributed by atoms with Crippen molar-refractivity contribution in [3.63, 3.8) is 0 Å². The summed E-state index contributed by atoms with van der Waals surface area (Å²) in [5, 5.41) is 0. The molecule has 1 heterocycles. The molecule has 152 valence electrons. The summed E-state index contributed by atoms with van der Waals surface area (Å²) >= 11 is 0. The first kappa shape index (κ1) is 23.2. The van der Waals surface area contributed by atoms with E-state index in [1.807, 2.05) is 12.5 Å². The van der Waals surface area contributed by atoms with Crippen LogP contribution in [0.3, 0.4) is 0 Å². The lowest BCUT2D eigenvalue weighted by molar-refractivity contribution is 0.161. The molecule has 0 N–H and O–H groups in total. The zero-order valence-electron chi connectivity index (χ0n) is 18.3. The van der Waals surface area contributed by atoms with Crippen molar-refractivity contribution in [1.82, 2.24) is 9.55 Å². The van der Waals surface area contributed by atoms with Crippen LogP contribution in [-0.4, -0.2) is 9.55 Å². The highest BCUT2D eigenvalue weighted by Gasteiger charge is 2.32. The van der Waals surface area contributed by atoms with E-state index in [0.717, 1.165) is 5.92 Å². The van der Waals surface area contributed by atoms with E-state index < -0.39 is 0 Å². The SMILES string of the molecule is CCCCCCCCCCCCCCC(CC)C(C)(CC)n1ccnc1. The Bertz CT molecular complexity index is 412. The van der Waals surface area contributed by atoms with Gasteiger partial charge >= 0.3 is 0 Å². The maximum Gasteiger partial charge on any atom is 0.0951 e. The molecule has 0 aliphatic heterocycles. The quantitative estimate of drug-likeness (QED) is 0.256. The average molecular weight is 363 g/mol. The molecule has 1 rings (SSSR count). The molecule has 26 heavy (non-hydrogen) atoms. The Morgan fingerprint density at radius 1 is 0.808 bits per heavy atom. The van der Waals surface area contributed by atoms with E-state index in [-0.39, 0.29) is 5.54 Å². The Labute approximate surface area is 164 Å². The van der Waals surface area contributed by atoms with Crippen LogP contribution in [-0.2, 0) is 5.54 Å². The van der Waals surface area contributed by atoms with Crippen molar-refractivity contribution < 1.29 is 0 Å². The number of imidazole rings is 1. The van der Waals surface area contributed by atoms with Crippen molar-refractivity contribution >= 4 is 0 Å². The monoisotopic (exact) mass is 362 g/mol. The molecule has 1 aromatic rings. The second-order valence-electron chi connectivity index (χ2n) is 8.46. The van der Waals surface area contributed by atoms with Crippen molar-refractivity contribution in [1.29, 1.82) is 0 Å². The Hall–Kier alpha value is -0.790. The molecular formula is C24H46N2. The minimum atomic E-state index is 0.225. The molecule has 0 radical (unpaired) electrons. The summed E-state index contributed by atoms with van der Waals surface area (Å²) in [4.78, 5) is 4.28. The van der Waals surface area contributed by atoms with Crippen molar-refractivity contribution in [2.24, 2.45) is 5.92 Å². The molecule has 0 aliphatic rings. The van der Waals surface area contributed by atoms with Crippen LogP contribution < -0.4 is 0 Å². The van der Waals surface area contributed by atoms with Gasteiger partial charge in [0.1, 0.15) is 0 Å². The van der Waals surface area contributed by atoms with Gasteiger partial charge in [-0.25, -0.2) is 4.98 Å². The molecule has 0 aliphatic carbocycles. The molecule has 1 aromatic heterocycles. The summed E-state index contributed by atoms with van der Waals surface area (Å²) in [5.41, 5.74) is 0.225. The zero-order chi connectivity index (χ0) is 19.1. The lowest BCUT2D eigenvalue weighted by Gasteiger charge is -2.38. The van der Waals surface area contributed by atoms with Crippen molar-refractivity contribution in [3.05, 3.63) is 18.7 Å². The van der Waals surface area contributed by atoms with Crippen LogP contribution in [0, 0.1) is 5.92 Å². The van der Waals surface area contributed by atoms with Gasteiger partial charge in [-0.05, 0) is 25.7 Å². The normalized spacial score (nSPS) is 15.1. The number of hydrogen-bond donors (Lipinski definition) is 0. The van der Waals surface area contributed by atoms with Crippen LogP contribution in [0.4, 0.5) is 0 Å². The van der Waals surface area contributed by atoms with Crippen LogP contribution in [0.15, 0.2) is 18.7 Å². The van der Waals surface area contributed by atoms with Gasteiger partial charge in [0, 0.05) is 17.9 Å². The number of hydrogen-bond acceptors (Lipinski definition) is 1. The summed E-state index contributed by atoms with van der Waals surface area (Å²) in [6.45, 7) is 9.40. The topological polar surface area (TPSA) is 17.8 Å². The molecule has 2 heteroatoms. The number of rotatable bonds is 17. The predicted octanol–water partition coefficient (Wildman–Crippen LogP) is 8.13. The third-order valence-corrected chi connectivity index (χ3v) is 6.59. The lowest BCUT2D eigenvalue weighted by atomic mass is 9.78. The standard InChI is InChI=1S/C24H46N2/c1-5-8-9-10-11-12-13-14-15-16-17-18-19-23(6-2)24(4,7-3)26-21-20-25-22-26/h20-23H,5-19H2,1-4H3. The van der Waals surface area contributed by atoms with Crippen LogP contribution in [0.5, 0.6) is 0 Å². The van der Waals surface area contributed by atoms with E-state index in [0.29, 0.717) is 0 Å². The summed E-state index contributed by atoms with van der Waals surface area (Å²) in [6.07, 6.45) is 27.1. The van der Waals surface area contributed by atoms with Gasteiger partial charge in [0.15, 0.2) is 0 Å². The van der Waals surface area contributed by atoms with Gasteiger partial charge in [-0.3, -0.25) is 0 Å². The largest absolute Gasteiger partial charge is 0.331 e. The smallest absolute Gasteiger partial charge is 0.0951 e. The maximum atomic E-state index is 4.28. The first-order valence-corrected chi connectivity index (χ1v) is 11.7. The van der Waals surface area contributed by atoms with E-state index in [4.69, 9.17) is 0 Å². The van der Waals surface area contributed by atoms with E-state index in [9.17, 15) is 0 Å². The van der Waals surface area contributed by atoms with Crippen molar-refractivity contribution in [2.75, 3.05) is 0 Å². The Morgan fingerprint density at radius 3 is 1.77 bits per heavy atom. The third kappa shape index (κ3) is 8.27. The molecule has 2 unspecified atom stereocenters. The third-order valence-electron chi connectivity index (χ3n) is 6.59. The van der Waals surface area contributed by atoms with Crippen LogP contribution in [0.1, 0.15) is 124 Å². The van der Waals surface area contributed by atoms with E-state index >= 15 is 0 Å². The highest BCUT2D eigenvalue weighted by molar-refractivity contribution is 4.92. The van der Waals surface area contributed by atoms with Gasteiger partial charge in [0.25, 0.3) is 0 Å². The highest BCUT2D eigenvalue weighted by atomic mass is 15.1. The number of unbranched alkanes of at least 4 members (excludes halogenated alkanes) is 11. The molecule has 2 nitrogen and oxygen atoms in total. The fraction of sp³-hybridized carbons (Fsp3) is 0.875. The fourth-order valence-electron chi connectivity index (χ4n) is 4.43. The predicted molar refractivity (Wildman–Crippen MR) is 116 cm³/mol. The van der Waals surface area contributed by atoms with Gasteiger partial charge in [-0.2, -0.15) is 0 Å². The summed E-state index contributed by atoms with van der Waals surface area (Å²) in [7, 11) is 0. The maximum absolute atomic E-state index is 4.28. The molecule has 0 saturated heterocycles. The van der Waals surface area contributed by atoms with Crippen molar-refractivity contribution in [2.45, 2.75) is 130 Å². The average Bonchev–Trinajstić information content (AvgIpc) is 3.20. The van der Waals surface area contributed by atoms with Crippen LogP contribution in [0.25, 0.3) is 0 Å². The fourth-order valence-corrected chi connectivity index (χ4v) is 4.43. The molecule has 0 amide bonds. The van der Waals surface area contributed by atoms with Crippen LogP contribution in [0.2, 0.25) is 0 Å². The van der Waals surface area contributed by atoms with E-state index in [1.165, 1.54) is 96.3 Å². The molecule has 2 atom stereocenters. The van der Waals surface area contributed by atoms with E-state index in [2.05, 4.69) is 43.4 Å². The molecular weight excluding hydrogens is 316 g/mol. The second-order valence-corrected chi connectivity index (χ2v) is 8.46. The Morgan fingerprint density at radius 2 is 1.35 bits per heavy atom. The zero-order valence-corrected chi connectivity index (χ0v) is 18.3. The molecule has 0 saturated carbocycles. The number of nitrogens with zero attached hydrogens (tertiary/aromatic N) is 2. The molecule has 0 fully saturated rings. The van der Waals surface area contributed by atoms with Gasteiger partial charge in [0.05, 0.1) is 6.33 Å². The van der Waals surface area contributed by atoms with Crippen molar-refractivity contribution in [3.8, 4) is 0 Å². The Balaban J connectivity index is 2.10. The molecule has 0 bridgehead atoms. The van der Waals surface area contributed by atoms with Gasteiger partial charge < -0.3 is 4.57 Å². The molecule has 0 aromatic carbocycles. The highest BCUT2D eigenvalue weighted by Crippen LogP contribution is 2.35. The Kier molecular flexibility index (Phi) is 12.8. The summed E-state index contributed by atoms with van der Waals surface area (Å²) in [5.74, 6) is 0.754. The van der Waals surface area contributed by atoms with Gasteiger partial charge in [-0.1, -0.05) is 104 Å². The summed E-state index contributed by atoms with van der Waals surface area (Å²) in [6, 6.07) is 0. The first-order valence-electron chi connectivity index (χ1n) is 11.7. The second kappa shape index (κ2) is 14.3. The lowest BCUT2D eigenvalue weighted by Crippen LogP contribution is -2.37. The number of aromatic nitrogens is 2. The first-order chi connectivity index (χ1) is 12.7. The van der Waals surface area contributed by atoms with Gasteiger partial charge in [0.2, 0.25) is 0 Å². The minimum Gasteiger partial charge on any atom is -0.331 e. The molecule has 0 spiro atoms.